The maximum absolute atomic E-state index is 12.7. The fourth-order valence-electron chi connectivity index (χ4n) is 5.02. The molecule has 1 aromatic heterocycles. The molecule has 9 heteroatoms. The van der Waals surface area contributed by atoms with E-state index in [1.54, 1.807) is 0 Å². The number of carbonyl (C=O) groups is 1. The van der Waals surface area contributed by atoms with Gasteiger partial charge in [0.2, 0.25) is 5.91 Å². The Morgan fingerprint density at radius 3 is 2.42 bits per heavy atom. The highest BCUT2D eigenvalue weighted by Gasteiger charge is 2.30. The molecule has 2 saturated heterocycles. The molecule has 31 heavy (non-hydrogen) atoms. The molecule has 1 aliphatic carbocycles. The summed E-state index contributed by atoms with van der Waals surface area (Å²) < 4.78 is 2.14. The molecule has 2 aliphatic heterocycles. The minimum atomic E-state index is -0.0280. The maximum Gasteiger partial charge on any atom is 0.239 e. The van der Waals surface area contributed by atoms with Gasteiger partial charge in [0, 0.05) is 52.5 Å². The summed E-state index contributed by atoms with van der Waals surface area (Å²) in [7, 11) is 1.84. The minimum Gasteiger partial charge on any atom is -0.351 e. The van der Waals surface area contributed by atoms with Crippen LogP contribution in [0.15, 0.2) is 17.3 Å². The van der Waals surface area contributed by atoms with E-state index in [2.05, 4.69) is 44.0 Å². The van der Waals surface area contributed by atoms with Crippen molar-refractivity contribution in [3.8, 4) is 0 Å². The number of nitrogens with one attached hydrogen (secondary N) is 1. The van der Waals surface area contributed by atoms with E-state index in [0.717, 1.165) is 63.8 Å². The van der Waals surface area contributed by atoms with Crippen molar-refractivity contribution in [2.45, 2.75) is 64.1 Å². The maximum atomic E-state index is 12.7. The van der Waals surface area contributed by atoms with Crippen molar-refractivity contribution in [1.29, 1.82) is 0 Å². The van der Waals surface area contributed by atoms with Crippen molar-refractivity contribution in [2.24, 2.45) is 4.99 Å². The highest BCUT2D eigenvalue weighted by molar-refractivity contribution is 14.0. The van der Waals surface area contributed by atoms with Crippen LogP contribution in [0.3, 0.4) is 0 Å². The predicted octanol–water partition coefficient (Wildman–Crippen LogP) is 2.32. The second-order valence-corrected chi connectivity index (χ2v) is 8.86. The molecule has 1 N–H and O–H groups in total. The van der Waals surface area contributed by atoms with Crippen LogP contribution in [0.25, 0.3) is 0 Å². The second kappa shape index (κ2) is 11.5. The van der Waals surface area contributed by atoms with Gasteiger partial charge in [0.1, 0.15) is 0 Å². The molecule has 1 aromatic rings. The fraction of sp³-hybridized carbons (Fsp3) is 0.773. The molecule has 8 nitrogen and oxygen atoms in total. The molecule has 0 bridgehead atoms. The third-order valence-electron chi connectivity index (χ3n) is 6.94. The van der Waals surface area contributed by atoms with E-state index in [9.17, 15) is 4.79 Å². The van der Waals surface area contributed by atoms with Gasteiger partial charge < -0.3 is 15.1 Å². The van der Waals surface area contributed by atoms with Gasteiger partial charge in [-0.25, -0.2) is 0 Å². The summed E-state index contributed by atoms with van der Waals surface area (Å²) in [6.07, 6.45) is 9.55. The Kier molecular flexibility index (Phi) is 9.00. The van der Waals surface area contributed by atoms with Crippen LogP contribution in [-0.2, 0) is 11.3 Å². The first-order chi connectivity index (χ1) is 14.7. The van der Waals surface area contributed by atoms with Gasteiger partial charge in [0.15, 0.2) is 5.96 Å². The van der Waals surface area contributed by atoms with Crippen molar-refractivity contribution >= 4 is 35.8 Å². The van der Waals surface area contributed by atoms with Crippen molar-refractivity contribution < 1.29 is 4.79 Å². The number of hydrogen-bond acceptors (Lipinski definition) is 4. The Balaban J connectivity index is 0.00000272. The van der Waals surface area contributed by atoms with Crippen LogP contribution in [0.2, 0.25) is 0 Å². The lowest BCUT2D eigenvalue weighted by molar-refractivity contribution is -0.135. The predicted molar refractivity (Wildman–Crippen MR) is 134 cm³/mol. The smallest absolute Gasteiger partial charge is 0.239 e. The van der Waals surface area contributed by atoms with Gasteiger partial charge in [-0.1, -0.05) is 12.8 Å². The first-order valence-corrected chi connectivity index (χ1v) is 11.7. The number of carbonyl (C=O) groups excluding carboxylic acids is 1. The molecule has 1 saturated carbocycles. The Morgan fingerprint density at radius 2 is 1.77 bits per heavy atom. The molecule has 3 aliphatic rings. The van der Waals surface area contributed by atoms with Crippen molar-refractivity contribution in [2.75, 3.05) is 46.3 Å². The van der Waals surface area contributed by atoms with Crippen LogP contribution >= 0.6 is 24.0 Å². The lowest BCUT2D eigenvalue weighted by Gasteiger charge is -2.39. The van der Waals surface area contributed by atoms with E-state index in [4.69, 9.17) is 5.10 Å². The number of rotatable bonds is 5. The van der Waals surface area contributed by atoms with E-state index in [-0.39, 0.29) is 30.0 Å². The zero-order chi connectivity index (χ0) is 20.9. The molecule has 4 rings (SSSR count). The van der Waals surface area contributed by atoms with E-state index >= 15 is 0 Å². The van der Waals surface area contributed by atoms with Crippen LogP contribution < -0.4 is 5.32 Å². The van der Waals surface area contributed by atoms with Crippen LogP contribution in [0.4, 0.5) is 0 Å². The van der Waals surface area contributed by atoms with E-state index in [1.807, 2.05) is 11.9 Å². The molecule has 0 radical (unpaired) electrons. The quantitative estimate of drug-likeness (QED) is 0.351. The summed E-state index contributed by atoms with van der Waals surface area (Å²) in [4.78, 5) is 23.8. The molecular weight excluding hydrogens is 505 g/mol. The number of aromatic nitrogens is 2. The molecule has 0 spiro atoms. The second-order valence-electron chi connectivity index (χ2n) is 8.86. The van der Waals surface area contributed by atoms with Gasteiger partial charge >= 0.3 is 0 Å². The third-order valence-corrected chi connectivity index (χ3v) is 6.94. The first kappa shape index (κ1) is 24.3. The standard InChI is InChI=1S/C22H37N7O.HI/c1-18(21(30)27-10-5-6-11-27)26-13-15-28(16-14-26)22(23-2)24-17-19-9-12-29(25-19)20-7-3-4-8-20;/h9,12,18,20H,3-8,10-11,13-17H2,1-2H3,(H,23,24);1H. The Hall–Kier alpha value is -1.36. The van der Waals surface area contributed by atoms with Crippen LogP contribution in [-0.4, -0.2) is 88.7 Å². The molecule has 0 aromatic carbocycles. The number of aliphatic imine (C=N–C) groups is 1. The lowest BCUT2D eigenvalue weighted by Crippen LogP contribution is -2.57. The van der Waals surface area contributed by atoms with Crippen molar-refractivity contribution in [1.82, 2.24) is 29.8 Å². The SMILES string of the molecule is CN=C(NCc1ccn(C2CCCC2)n1)N1CCN(C(C)C(=O)N2CCCC2)CC1.I. The number of amides is 1. The summed E-state index contributed by atoms with van der Waals surface area (Å²) in [5.74, 6) is 1.21. The Morgan fingerprint density at radius 1 is 1.10 bits per heavy atom. The van der Waals surface area contributed by atoms with E-state index in [0.29, 0.717) is 18.5 Å². The summed E-state index contributed by atoms with van der Waals surface area (Å²) in [5, 5.41) is 8.24. The Bertz CT molecular complexity index is 732. The average molecular weight is 543 g/mol. The van der Waals surface area contributed by atoms with Gasteiger partial charge in [0.05, 0.1) is 24.3 Å². The van der Waals surface area contributed by atoms with Gasteiger partial charge in [-0.15, -0.1) is 24.0 Å². The molecule has 1 unspecified atom stereocenters. The van der Waals surface area contributed by atoms with E-state index in [1.165, 1.54) is 25.7 Å². The number of nitrogens with zero attached hydrogens (tertiary/aromatic N) is 6. The molecule has 1 amide bonds. The largest absolute Gasteiger partial charge is 0.351 e. The fourth-order valence-corrected chi connectivity index (χ4v) is 5.02. The van der Waals surface area contributed by atoms with Crippen LogP contribution in [0, 0.1) is 0 Å². The van der Waals surface area contributed by atoms with Crippen molar-refractivity contribution in [3.63, 3.8) is 0 Å². The molecular formula is C22H38IN7O. The number of piperazine rings is 1. The average Bonchev–Trinajstić information content (AvgIpc) is 3.56. The van der Waals surface area contributed by atoms with Gasteiger partial charge in [0.25, 0.3) is 0 Å². The van der Waals surface area contributed by atoms with Crippen LogP contribution in [0.5, 0.6) is 0 Å². The molecule has 174 valence electrons. The summed E-state index contributed by atoms with van der Waals surface area (Å²) in [6.45, 7) is 8.14. The first-order valence-electron chi connectivity index (χ1n) is 11.7. The number of hydrogen-bond donors (Lipinski definition) is 1. The number of likely N-dealkylation sites (tertiary alicyclic amines) is 1. The number of guanidine groups is 1. The zero-order valence-corrected chi connectivity index (χ0v) is 21.3. The van der Waals surface area contributed by atoms with E-state index < -0.39 is 0 Å². The highest BCUT2D eigenvalue weighted by Crippen LogP contribution is 2.28. The van der Waals surface area contributed by atoms with Gasteiger partial charge in [-0.3, -0.25) is 19.4 Å². The van der Waals surface area contributed by atoms with Crippen molar-refractivity contribution in [3.05, 3.63) is 18.0 Å². The third kappa shape index (κ3) is 5.91. The highest BCUT2D eigenvalue weighted by atomic mass is 127. The normalized spacial score (nSPS) is 21.9. The molecule has 3 fully saturated rings. The number of halogens is 1. The summed E-state index contributed by atoms with van der Waals surface area (Å²) >= 11 is 0. The van der Waals surface area contributed by atoms with Crippen LogP contribution in [0.1, 0.15) is 57.2 Å². The molecule has 1 atom stereocenters. The Labute approximate surface area is 203 Å². The minimum absolute atomic E-state index is 0. The molecule has 3 heterocycles. The van der Waals surface area contributed by atoms with Gasteiger partial charge in [-0.05, 0) is 38.7 Å². The zero-order valence-electron chi connectivity index (χ0n) is 19.0. The topological polar surface area (TPSA) is 69.0 Å². The summed E-state index contributed by atoms with van der Waals surface area (Å²) in [6, 6.07) is 2.67. The summed E-state index contributed by atoms with van der Waals surface area (Å²) in [5.41, 5.74) is 1.06. The van der Waals surface area contributed by atoms with Gasteiger partial charge in [-0.2, -0.15) is 5.10 Å². The lowest BCUT2D eigenvalue weighted by atomic mass is 10.2. The monoisotopic (exact) mass is 543 g/mol.